The Labute approximate surface area is 446 Å². The standard InChI is InChI=1S/C58H82FN5O12/c1-9-38-26-41-29-40-25-35(6)49(76-58(40,41)62-53(38)70)31-47(68)33(4)17-12-10-13-18-34(5)48-21-15-11-14-20-46(67)37(8)52(69)44(23-22-36(7)65)54(71)60-50(32(2)3)55(72)61-51(39-27-42(59)30-43(66)28-39)56(73)64-24-16-19-45(63-64)57(74)75-48/h10-11,13-15,18,20,25,27-28,30,32-33,35,37-38,41,44-52,63,66-69H,9,12,16-17,19,21-24,26,29,31H2,1-8H3,(H,60,71)(H,61,72)(H,62,70)/b13-10+,15-11+,20-14+,34-18+/t33-,35+,37-,38-,41+,44+,45?,46-,47-,48-,49-,50-,51?,52+,58-/m0/s1. The zero-order chi connectivity index (χ0) is 55.6. The zero-order valence-corrected chi connectivity index (χ0v) is 45.4. The molecular formula is C58H82FN5O12. The Morgan fingerprint density at radius 1 is 1.01 bits per heavy atom. The first-order valence-electron chi connectivity index (χ1n) is 27.3. The molecule has 6 rings (SSSR count). The van der Waals surface area contributed by atoms with Crippen LogP contribution in [0, 0.1) is 47.2 Å². The Morgan fingerprint density at radius 2 is 1.76 bits per heavy atom. The number of hydrogen-bond acceptors (Lipinski definition) is 13. The second-order valence-electron chi connectivity index (χ2n) is 22.3. The number of esters is 1. The molecule has 5 aliphatic rings. The minimum Gasteiger partial charge on any atom is -0.508 e. The highest BCUT2D eigenvalue weighted by atomic mass is 19.1. The van der Waals surface area contributed by atoms with Crippen LogP contribution in [-0.2, 0) is 38.2 Å². The summed E-state index contributed by atoms with van der Waals surface area (Å²) in [5, 5.41) is 54.2. The molecule has 2 unspecified atom stereocenters. The van der Waals surface area contributed by atoms with E-state index in [0.29, 0.717) is 31.3 Å². The fourth-order valence-corrected chi connectivity index (χ4v) is 11.0. The number of cyclic esters (lactones) is 1. The lowest BCUT2D eigenvalue weighted by molar-refractivity contribution is -0.205. The third kappa shape index (κ3) is 14.7. The Balaban J connectivity index is 1.19. The summed E-state index contributed by atoms with van der Waals surface area (Å²) in [5.74, 6) is -7.18. The first-order chi connectivity index (χ1) is 36.0. The van der Waals surface area contributed by atoms with Gasteiger partial charge in [0.25, 0.3) is 5.91 Å². The predicted octanol–water partition coefficient (Wildman–Crippen LogP) is 5.99. The number of nitrogens with one attached hydrogen (secondary N) is 4. The first-order valence-corrected chi connectivity index (χ1v) is 27.3. The molecule has 15 atom stereocenters. The van der Waals surface area contributed by atoms with Gasteiger partial charge in [0.15, 0.2) is 5.72 Å². The van der Waals surface area contributed by atoms with Crippen LogP contribution in [0.25, 0.3) is 0 Å². The summed E-state index contributed by atoms with van der Waals surface area (Å²) in [6.07, 6.45) is 14.9. The number of allylic oxidation sites excluding steroid dienone is 5. The number of aliphatic hydroxyl groups is 3. The smallest absolute Gasteiger partial charge is 0.325 e. The summed E-state index contributed by atoms with van der Waals surface area (Å²) < 4.78 is 27.7. The van der Waals surface area contributed by atoms with Crippen molar-refractivity contribution in [2.24, 2.45) is 41.4 Å². The van der Waals surface area contributed by atoms with Gasteiger partial charge in [0.2, 0.25) is 17.7 Å². The molecule has 8 N–H and O–H groups in total. The molecule has 4 amide bonds. The highest BCUT2D eigenvalue weighted by Gasteiger charge is 2.60. The monoisotopic (exact) mass is 1060 g/mol. The number of phenols is 1. The fourth-order valence-electron chi connectivity index (χ4n) is 11.0. The number of rotatable bonds is 14. The maximum atomic E-state index is 14.9. The van der Waals surface area contributed by atoms with E-state index in [1.807, 2.05) is 39.0 Å². The number of fused-ring (bicyclic) bond motifs is 2. The Hall–Kier alpha value is -5.53. The highest BCUT2D eigenvalue weighted by Crippen LogP contribution is 2.54. The van der Waals surface area contributed by atoms with Gasteiger partial charge < -0.3 is 50.6 Å². The van der Waals surface area contributed by atoms with Gasteiger partial charge in [-0.3, -0.25) is 29.0 Å². The minimum absolute atomic E-state index is 0.00499. The molecule has 0 radical (unpaired) electrons. The van der Waals surface area contributed by atoms with Crippen LogP contribution in [-0.4, -0.2) is 116 Å². The van der Waals surface area contributed by atoms with E-state index in [0.717, 1.165) is 48.0 Å². The molecule has 4 aliphatic heterocycles. The number of hydrogen-bond donors (Lipinski definition) is 8. The summed E-state index contributed by atoms with van der Waals surface area (Å²) in [6, 6.07) is -1.01. The number of carbonyl (C=O) groups excluding carboxylic acids is 6. The molecule has 2 saturated heterocycles. The molecule has 1 spiro atoms. The average Bonchev–Trinajstić information content (AvgIpc) is 3.37. The molecule has 3 fully saturated rings. The molecule has 18 heteroatoms. The lowest BCUT2D eigenvalue weighted by Crippen LogP contribution is -2.70. The molecule has 1 aromatic rings. The molecule has 4 heterocycles. The molecule has 1 aromatic carbocycles. The molecular weight excluding hydrogens is 978 g/mol. The normalized spacial score (nSPS) is 33.9. The second-order valence-corrected chi connectivity index (χ2v) is 22.3. The SMILES string of the molecule is CC[C@H]1C[C@@H]2CC3=C[C@@H](C)[C@H](C[C@H](O)[C@@H](C)CC/C=C/C=C(\C)[C@@H]4C/C=C/C=C/[C@H](O)[C@H](C)[C@@H](O)[C@@H](CCC(C)=O)C(=O)N[C@@H](C(C)C)C(=O)NC(c5cc(O)cc(F)c5)C(=O)N5CCCC(N5)C(=O)O4)O[C@@]32NC1=O. The quantitative estimate of drug-likeness (QED) is 0.0607. The number of carbonyl (C=O) groups is 6. The fraction of sp³-hybridized carbons (Fsp3) is 0.621. The number of phenolic OH excluding ortho intramolecular Hbond substituents is 1. The average molecular weight is 1060 g/mol. The topological polar surface area (TPSA) is 253 Å². The molecule has 1 saturated carbocycles. The van der Waals surface area contributed by atoms with E-state index in [-0.39, 0.29) is 79.3 Å². The maximum Gasteiger partial charge on any atom is 0.325 e. The van der Waals surface area contributed by atoms with Crippen LogP contribution >= 0.6 is 0 Å². The molecule has 418 valence electrons. The van der Waals surface area contributed by atoms with E-state index in [4.69, 9.17) is 9.47 Å². The van der Waals surface area contributed by atoms with Crippen molar-refractivity contribution in [1.82, 2.24) is 26.4 Å². The van der Waals surface area contributed by atoms with E-state index in [9.17, 15) is 53.6 Å². The van der Waals surface area contributed by atoms with Crippen molar-refractivity contribution in [2.45, 2.75) is 180 Å². The third-order valence-electron chi connectivity index (χ3n) is 16.1. The number of halogens is 1. The van der Waals surface area contributed by atoms with Crippen LogP contribution in [0.4, 0.5) is 4.39 Å². The summed E-state index contributed by atoms with van der Waals surface area (Å²) >= 11 is 0. The summed E-state index contributed by atoms with van der Waals surface area (Å²) in [7, 11) is 0. The lowest BCUT2D eigenvalue weighted by Gasteiger charge is -2.59. The number of amides is 4. The molecule has 0 aromatic heterocycles. The number of ketones is 1. The molecule has 1 aliphatic carbocycles. The summed E-state index contributed by atoms with van der Waals surface area (Å²) in [4.78, 5) is 81.8. The number of hydrazine groups is 1. The number of benzene rings is 1. The number of aliphatic hydroxyl groups excluding tert-OH is 3. The number of ether oxygens (including phenoxy) is 2. The van der Waals surface area contributed by atoms with Crippen LogP contribution in [0.2, 0.25) is 0 Å². The summed E-state index contributed by atoms with van der Waals surface area (Å²) in [5.41, 5.74) is 3.91. The van der Waals surface area contributed by atoms with Crippen molar-refractivity contribution in [1.29, 1.82) is 0 Å². The Bertz CT molecular complexity index is 2400. The summed E-state index contributed by atoms with van der Waals surface area (Å²) in [6.45, 7) is 14.2. The van der Waals surface area contributed by atoms with Gasteiger partial charge >= 0.3 is 5.97 Å². The van der Waals surface area contributed by atoms with Crippen molar-refractivity contribution in [3.63, 3.8) is 0 Å². The van der Waals surface area contributed by atoms with Crippen molar-refractivity contribution < 1.29 is 63.1 Å². The van der Waals surface area contributed by atoms with Crippen molar-refractivity contribution in [2.75, 3.05) is 6.54 Å². The molecule has 2 bridgehead atoms. The largest absolute Gasteiger partial charge is 0.508 e. The van der Waals surface area contributed by atoms with E-state index < -0.39 is 101 Å². The Kier molecular flexibility index (Phi) is 21.0. The van der Waals surface area contributed by atoms with Gasteiger partial charge in [0.1, 0.15) is 41.6 Å². The third-order valence-corrected chi connectivity index (χ3v) is 16.1. The van der Waals surface area contributed by atoms with Crippen LogP contribution in [0.5, 0.6) is 5.75 Å². The number of aromatic hydroxyl groups is 1. The number of piperidine rings is 1. The van der Waals surface area contributed by atoms with Crippen molar-refractivity contribution in [3.8, 4) is 5.75 Å². The van der Waals surface area contributed by atoms with E-state index in [1.54, 1.807) is 39.0 Å². The number of nitrogens with zero attached hydrogens (tertiary/aromatic N) is 1. The van der Waals surface area contributed by atoms with Gasteiger partial charge in [-0.05, 0) is 106 Å². The minimum atomic E-state index is -1.62. The Morgan fingerprint density at radius 3 is 2.46 bits per heavy atom. The highest BCUT2D eigenvalue weighted by molar-refractivity contribution is 5.93. The van der Waals surface area contributed by atoms with Gasteiger partial charge in [-0.1, -0.05) is 90.2 Å². The van der Waals surface area contributed by atoms with E-state index >= 15 is 0 Å². The molecule has 76 heavy (non-hydrogen) atoms. The predicted molar refractivity (Wildman–Crippen MR) is 282 cm³/mol. The van der Waals surface area contributed by atoms with Crippen LogP contribution in [0.3, 0.4) is 0 Å². The van der Waals surface area contributed by atoms with Gasteiger partial charge in [-0.15, -0.1) is 0 Å². The van der Waals surface area contributed by atoms with Crippen LogP contribution in [0.15, 0.2) is 78.0 Å². The maximum absolute atomic E-state index is 14.9. The van der Waals surface area contributed by atoms with Gasteiger partial charge in [0, 0.05) is 55.5 Å². The zero-order valence-electron chi connectivity index (χ0n) is 45.4. The van der Waals surface area contributed by atoms with E-state index in [2.05, 4.69) is 34.4 Å². The van der Waals surface area contributed by atoms with Crippen LogP contribution < -0.4 is 21.4 Å². The van der Waals surface area contributed by atoms with Crippen LogP contribution in [0.1, 0.15) is 138 Å². The van der Waals surface area contributed by atoms with E-state index in [1.165, 1.54) is 13.0 Å². The number of Topliss-reactive ketones (excluding diaryl/α,β-unsaturated/α-hetero) is 1. The van der Waals surface area contributed by atoms with Crippen molar-refractivity contribution >= 4 is 35.4 Å². The first kappa shape index (κ1) is 59.7. The van der Waals surface area contributed by atoms with Gasteiger partial charge in [-0.2, -0.15) is 0 Å². The van der Waals surface area contributed by atoms with Crippen molar-refractivity contribution in [3.05, 3.63) is 89.3 Å². The lowest BCUT2D eigenvalue weighted by atomic mass is 9.62. The van der Waals surface area contributed by atoms with Gasteiger partial charge in [-0.25, -0.2) is 9.82 Å². The second kappa shape index (κ2) is 26.7. The molecule has 17 nitrogen and oxygen atoms in total. The van der Waals surface area contributed by atoms with Gasteiger partial charge in [0.05, 0.1) is 30.3 Å².